The summed E-state index contributed by atoms with van der Waals surface area (Å²) in [7, 11) is -3.08. The van der Waals surface area contributed by atoms with E-state index in [0.717, 1.165) is 30.2 Å². The van der Waals surface area contributed by atoms with Crippen molar-refractivity contribution in [1.29, 1.82) is 0 Å². The Morgan fingerprint density at radius 2 is 1.98 bits per heavy atom. The highest BCUT2D eigenvalue weighted by Gasteiger charge is 2.45. The largest absolute Gasteiger partial charge is 0.492 e. The number of sulfonamides is 1. The van der Waals surface area contributed by atoms with Gasteiger partial charge in [-0.25, -0.2) is 22.4 Å². The first kappa shape index (κ1) is 28.2. The molecule has 3 atom stereocenters. The van der Waals surface area contributed by atoms with Crippen LogP contribution in [0.25, 0.3) is 0 Å². The van der Waals surface area contributed by atoms with E-state index >= 15 is 0 Å². The summed E-state index contributed by atoms with van der Waals surface area (Å²) in [5.41, 5.74) is 0.323. The highest BCUT2D eigenvalue weighted by atomic mass is 32.2. The first-order valence-corrected chi connectivity index (χ1v) is 14.6. The van der Waals surface area contributed by atoms with Crippen LogP contribution in [0.4, 0.5) is 14.9 Å². The molecule has 3 aliphatic rings. The first-order chi connectivity index (χ1) is 18.9. The van der Waals surface area contributed by atoms with Gasteiger partial charge >= 0.3 is 12.1 Å². The molecule has 1 N–H and O–H groups in total. The number of likely N-dealkylation sites (tertiary alicyclic amines) is 1. The highest BCUT2D eigenvalue weighted by molar-refractivity contribution is 7.92. The molecule has 2 aliphatic heterocycles. The maximum atomic E-state index is 14.2. The number of fused-ring (bicyclic) bond motifs is 3. The van der Waals surface area contributed by atoms with Gasteiger partial charge in [-0.1, -0.05) is 6.07 Å². The molecule has 40 heavy (non-hydrogen) atoms. The summed E-state index contributed by atoms with van der Waals surface area (Å²) in [6, 6.07) is 6.58. The summed E-state index contributed by atoms with van der Waals surface area (Å²) in [6.07, 6.45) is 0.640. The number of benzene rings is 2. The molecule has 5 rings (SSSR count). The lowest BCUT2D eigenvalue weighted by molar-refractivity contribution is 0.0181. The fourth-order valence-corrected chi connectivity index (χ4v) is 6.41. The fourth-order valence-electron chi connectivity index (χ4n) is 5.13. The summed E-state index contributed by atoms with van der Waals surface area (Å²) < 4.78 is 65.9. The topological polar surface area (TPSA) is 120 Å². The maximum absolute atomic E-state index is 14.2. The van der Waals surface area contributed by atoms with Gasteiger partial charge in [0, 0.05) is 18.0 Å². The zero-order valence-electron chi connectivity index (χ0n) is 22.9. The van der Waals surface area contributed by atoms with E-state index in [9.17, 15) is 22.4 Å². The van der Waals surface area contributed by atoms with Crippen LogP contribution in [0.3, 0.4) is 0 Å². The molecule has 1 amide bonds. The van der Waals surface area contributed by atoms with Gasteiger partial charge < -0.3 is 23.8 Å². The van der Waals surface area contributed by atoms with Crippen molar-refractivity contribution in [3.05, 3.63) is 52.8 Å². The predicted octanol–water partition coefficient (Wildman–Crippen LogP) is 4.44. The van der Waals surface area contributed by atoms with Crippen LogP contribution in [-0.4, -0.2) is 63.9 Å². The molecule has 0 aromatic heterocycles. The van der Waals surface area contributed by atoms with E-state index in [1.165, 1.54) is 18.1 Å². The monoisotopic (exact) mass is 576 g/mol. The molecule has 0 spiro atoms. The number of methoxy groups -OCH3 is 1. The summed E-state index contributed by atoms with van der Waals surface area (Å²) >= 11 is 0. The van der Waals surface area contributed by atoms with Crippen molar-refractivity contribution in [2.24, 2.45) is 5.92 Å². The Morgan fingerprint density at radius 1 is 1.20 bits per heavy atom. The van der Waals surface area contributed by atoms with Gasteiger partial charge in [0.25, 0.3) is 10.0 Å². The lowest BCUT2D eigenvalue weighted by Gasteiger charge is -2.24. The number of hydrogen-bond donors (Lipinski definition) is 1. The van der Waals surface area contributed by atoms with Gasteiger partial charge in [-0.05, 0) is 69.4 Å². The fraction of sp³-hybridized carbons (Fsp3) is 0.500. The summed E-state index contributed by atoms with van der Waals surface area (Å²) in [6.45, 7) is 6.27. The Hall–Kier alpha value is -3.38. The third kappa shape index (κ3) is 5.87. The molecular weight excluding hydrogens is 543 g/mol. The van der Waals surface area contributed by atoms with Gasteiger partial charge in [-0.3, -0.25) is 4.72 Å². The Kier molecular flexibility index (Phi) is 7.43. The highest BCUT2D eigenvalue weighted by Crippen LogP contribution is 2.55. The van der Waals surface area contributed by atoms with Crippen LogP contribution in [0.15, 0.2) is 35.2 Å². The van der Waals surface area contributed by atoms with Gasteiger partial charge in [-0.2, -0.15) is 0 Å². The average Bonchev–Trinajstić information content (AvgIpc) is 3.53. The van der Waals surface area contributed by atoms with E-state index in [-0.39, 0.29) is 46.9 Å². The molecule has 0 bridgehead atoms. The number of halogens is 1. The number of nitrogens with one attached hydrogen (secondary N) is 1. The normalized spacial score (nSPS) is 21.6. The number of carbonyl (C=O) groups is 2. The van der Waals surface area contributed by atoms with E-state index in [1.807, 2.05) is 0 Å². The van der Waals surface area contributed by atoms with Crippen LogP contribution in [0.5, 0.6) is 5.75 Å². The zero-order valence-corrected chi connectivity index (χ0v) is 23.7. The van der Waals surface area contributed by atoms with Crippen molar-refractivity contribution in [2.45, 2.75) is 62.7 Å². The van der Waals surface area contributed by atoms with Crippen molar-refractivity contribution in [3.8, 4) is 5.75 Å². The Bertz CT molecular complexity index is 1440. The number of rotatable bonds is 7. The Morgan fingerprint density at radius 3 is 2.70 bits per heavy atom. The molecule has 12 heteroatoms. The zero-order chi connectivity index (χ0) is 28.8. The molecule has 1 saturated carbocycles. The molecule has 1 saturated heterocycles. The van der Waals surface area contributed by atoms with Gasteiger partial charge in [0.15, 0.2) is 0 Å². The van der Waals surface area contributed by atoms with Crippen molar-refractivity contribution in [1.82, 2.24) is 4.90 Å². The van der Waals surface area contributed by atoms with Crippen LogP contribution in [0.2, 0.25) is 0 Å². The Balaban J connectivity index is 1.34. The second kappa shape index (κ2) is 10.5. The van der Waals surface area contributed by atoms with Gasteiger partial charge in [0.05, 0.1) is 43.6 Å². The van der Waals surface area contributed by atoms with E-state index in [2.05, 4.69) is 4.72 Å². The molecular formula is C28H33FN2O8S. The minimum absolute atomic E-state index is 0.00188. The molecule has 3 unspecified atom stereocenters. The minimum atomic E-state index is -4.29. The summed E-state index contributed by atoms with van der Waals surface area (Å²) in [5.74, 6) is -0.356. The summed E-state index contributed by atoms with van der Waals surface area (Å²) in [4.78, 5) is 26.4. The van der Waals surface area contributed by atoms with Gasteiger partial charge in [0.1, 0.15) is 22.7 Å². The third-order valence-corrected chi connectivity index (χ3v) is 8.64. The molecule has 2 aromatic rings. The molecule has 10 nitrogen and oxygen atoms in total. The van der Waals surface area contributed by atoms with Crippen molar-refractivity contribution in [3.63, 3.8) is 0 Å². The number of esters is 1. The third-order valence-electron chi connectivity index (χ3n) is 7.17. The minimum Gasteiger partial charge on any atom is -0.492 e. The van der Waals surface area contributed by atoms with E-state index in [0.29, 0.717) is 31.2 Å². The first-order valence-electron chi connectivity index (χ1n) is 13.1. The second-order valence-corrected chi connectivity index (χ2v) is 13.0. The number of carbonyl (C=O) groups excluding carboxylic acids is 2. The number of nitrogens with zero attached hydrogens (tertiary/aromatic N) is 1. The van der Waals surface area contributed by atoms with Crippen molar-refractivity contribution in [2.75, 3.05) is 31.5 Å². The molecule has 1 aliphatic carbocycles. The number of amides is 1. The van der Waals surface area contributed by atoms with Crippen molar-refractivity contribution >= 4 is 27.8 Å². The second-order valence-electron chi connectivity index (χ2n) is 11.3. The number of anilines is 1. The van der Waals surface area contributed by atoms with Crippen LogP contribution < -0.4 is 9.46 Å². The molecule has 0 radical (unpaired) electrons. The molecule has 2 aromatic carbocycles. The quantitative estimate of drug-likeness (QED) is 0.481. The number of ether oxygens (including phenoxy) is 4. The average molecular weight is 577 g/mol. The van der Waals surface area contributed by atoms with Crippen LogP contribution >= 0.6 is 0 Å². The SMILES string of the molecule is COC(=O)c1c(NS(=O)(=O)c2ccc(F)cc2COC2CCN(C(=O)OC(C)(C)C)C2)ccc2c1OCC1CC21. The maximum Gasteiger partial charge on any atom is 0.410 e. The molecule has 2 heterocycles. The molecule has 216 valence electrons. The standard InChI is InChI=1S/C28H33FN2O8S/c1-28(2,3)39-27(33)31-10-9-19(13-31)37-15-17-11-18(29)5-8-23(17)40(34,35)30-22-7-6-20-21-12-16(21)14-38-25(20)24(22)26(32)36-4/h5-8,11,16,19,21,30H,9-10,12-15H2,1-4H3. The number of hydrogen-bond acceptors (Lipinski definition) is 8. The van der Waals surface area contributed by atoms with Crippen LogP contribution in [-0.2, 0) is 30.8 Å². The van der Waals surface area contributed by atoms with Crippen LogP contribution in [0.1, 0.15) is 61.0 Å². The Labute approximate surface area is 232 Å². The molecule has 2 fully saturated rings. The van der Waals surface area contributed by atoms with Gasteiger partial charge in [0.2, 0.25) is 0 Å². The van der Waals surface area contributed by atoms with E-state index in [1.54, 1.807) is 26.8 Å². The predicted molar refractivity (Wildman–Crippen MR) is 142 cm³/mol. The van der Waals surface area contributed by atoms with Crippen LogP contribution in [0, 0.1) is 11.7 Å². The van der Waals surface area contributed by atoms with E-state index < -0.39 is 33.5 Å². The van der Waals surface area contributed by atoms with Crippen molar-refractivity contribution < 1.29 is 41.3 Å². The smallest absolute Gasteiger partial charge is 0.410 e. The lowest BCUT2D eigenvalue weighted by Crippen LogP contribution is -2.36. The summed E-state index contributed by atoms with van der Waals surface area (Å²) in [5, 5.41) is 0. The van der Waals surface area contributed by atoms with Gasteiger partial charge in [-0.15, -0.1) is 0 Å². The van der Waals surface area contributed by atoms with E-state index in [4.69, 9.17) is 18.9 Å². The lowest BCUT2D eigenvalue weighted by atomic mass is 10.0.